The summed E-state index contributed by atoms with van der Waals surface area (Å²) in [6.07, 6.45) is 1.27. The molecule has 1 aliphatic rings. The molecule has 8 heteroatoms. The second-order valence-corrected chi connectivity index (χ2v) is 7.93. The molecule has 2 aromatic rings. The summed E-state index contributed by atoms with van der Waals surface area (Å²) in [6, 6.07) is 16.3. The molecule has 2 aromatic carbocycles. The number of carbonyl (C=O) groups excluding carboxylic acids is 3. The number of hydrogen-bond donors (Lipinski definition) is 0. The Labute approximate surface area is 184 Å². The number of nitriles is 1. The molecule has 0 aromatic heterocycles. The molecule has 31 heavy (non-hydrogen) atoms. The average molecular weight is 436 g/mol. The van der Waals surface area contributed by atoms with Crippen molar-refractivity contribution in [3.63, 3.8) is 0 Å². The Kier molecular flexibility index (Phi) is 7.11. The van der Waals surface area contributed by atoms with Crippen LogP contribution in [0.1, 0.15) is 30.5 Å². The SMILES string of the molecule is CC(C)OC(=O)CN1C(=O)S/C(=C\c2ccc(OCc3ccccc3C#N)cc2)C1=O. The van der Waals surface area contributed by atoms with Gasteiger partial charge in [-0.05, 0) is 55.4 Å². The Balaban J connectivity index is 1.63. The lowest BCUT2D eigenvalue weighted by molar-refractivity contribution is -0.149. The lowest BCUT2D eigenvalue weighted by atomic mass is 10.1. The van der Waals surface area contributed by atoms with Gasteiger partial charge in [0.1, 0.15) is 18.9 Å². The van der Waals surface area contributed by atoms with Gasteiger partial charge in [-0.2, -0.15) is 5.26 Å². The van der Waals surface area contributed by atoms with Gasteiger partial charge < -0.3 is 9.47 Å². The first kappa shape index (κ1) is 22.1. The lowest BCUT2D eigenvalue weighted by Crippen LogP contribution is -2.35. The number of ether oxygens (including phenoxy) is 2. The molecule has 0 spiro atoms. The molecule has 0 saturated carbocycles. The first-order valence-corrected chi connectivity index (χ1v) is 10.3. The van der Waals surface area contributed by atoms with Crippen LogP contribution in [-0.4, -0.2) is 34.7 Å². The van der Waals surface area contributed by atoms with E-state index < -0.39 is 23.7 Å². The molecule has 0 N–H and O–H groups in total. The van der Waals surface area contributed by atoms with Crippen LogP contribution in [0.2, 0.25) is 0 Å². The van der Waals surface area contributed by atoms with Gasteiger partial charge in [0.2, 0.25) is 0 Å². The summed E-state index contributed by atoms with van der Waals surface area (Å²) in [5.74, 6) is -0.545. The van der Waals surface area contributed by atoms with E-state index in [0.717, 1.165) is 22.2 Å². The molecule has 0 radical (unpaired) electrons. The van der Waals surface area contributed by atoms with Crippen LogP contribution >= 0.6 is 11.8 Å². The molecule has 2 amide bonds. The highest BCUT2D eigenvalue weighted by atomic mass is 32.2. The molecule has 1 heterocycles. The van der Waals surface area contributed by atoms with Gasteiger partial charge in [-0.1, -0.05) is 30.3 Å². The van der Waals surface area contributed by atoms with Gasteiger partial charge in [0.25, 0.3) is 11.1 Å². The van der Waals surface area contributed by atoms with E-state index in [-0.39, 0.29) is 17.6 Å². The minimum absolute atomic E-state index is 0.235. The van der Waals surface area contributed by atoms with Crippen LogP contribution in [0.5, 0.6) is 5.75 Å². The number of carbonyl (C=O) groups is 3. The van der Waals surface area contributed by atoms with Gasteiger partial charge in [-0.25, -0.2) is 0 Å². The summed E-state index contributed by atoms with van der Waals surface area (Å²) in [7, 11) is 0. The van der Waals surface area contributed by atoms with Gasteiger partial charge in [0.15, 0.2) is 0 Å². The summed E-state index contributed by atoms with van der Waals surface area (Å²) < 4.78 is 10.7. The Bertz CT molecular complexity index is 1070. The number of amides is 2. The van der Waals surface area contributed by atoms with Crippen molar-refractivity contribution >= 4 is 35.0 Å². The van der Waals surface area contributed by atoms with Crippen molar-refractivity contribution in [2.45, 2.75) is 26.6 Å². The van der Waals surface area contributed by atoms with Crippen molar-refractivity contribution in [1.82, 2.24) is 4.90 Å². The summed E-state index contributed by atoms with van der Waals surface area (Å²) >= 11 is 0.782. The van der Waals surface area contributed by atoms with Crippen molar-refractivity contribution in [1.29, 1.82) is 5.26 Å². The molecular weight excluding hydrogens is 416 g/mol. The molecule has 0 bridgehead atoms. The van der Waals surface area contributed by atoms with Gasteiger partial charge in [-0.15, -0.1) is 0 Å². The molecular formula is C23H20N2O5S. The van der Waals surface area contributed by atoms with E-state index in [4.69, 9.17) is 14.7 Å². The van der Waals surface area contributed by atoms with Crippen LogP contribution in [0.25, 0.3) is 6.08 Å². The fraction of sp³-hybridized carbons (Fsp3) is 0.217. The summed E-state index contributed by atoms with van der Waals surface area (Å²) in [4.78, 5) is 37.5. The Morgan fingerprint density at radius 1 is 1.16 bits per heavy atom. The molecule has 158 valence electrons. The summed E-state index contributed by atoms with van der Waals surface area (Å²) in [5, 5.41) is 8.63. The lowest BCUT2D eigenvalue weighted by Gasteiger charge is -2.13. The number of benzene rings is 2. The zero-order valence-corrected chi connectivity index (χ0v) is 17.8. The van der Waals surface area contributed by atoms with Crippen molar-refractivity contribution < 1.29 is 23.9 Å². The maximum atomic E-state index is 12.5. The quantitative estimate of drug-likeness (QED) is 0.476. The van der Waals surface area contributed by atoms with Crippen molar-refractivity contribution in [2.75, 3.05) is 6.54 Å². The van der Waals surface area contributed by atoms with E-state index >= 15 is 0 Å². The monoisotopic (exact) mass is 436 g/mol. The summed E-state index contributed by atoms with van der Waals surface area (Å²) in [6.45, 7) is 3.24. The standard InChI is InChI=1S/C23H20N2O5S/c1-15(2)30-21(26)13-25-22(27)20(31-23(25)28)11-16-7-9-19(10-8-16)29-14-18-6-4-3-5-17(18)12-24/h3-11,15H,13-14H2,1-2H3/b20-11-. The van der Waals surface area contributed by atoms with Crippen LogP contribution in [-0.2, 0) is 20.9 Å². The van der Waals surface area contributed by atoms with Crippen LogP contribution in [0.15, 0.2) is 53.4 Å². The molecule has 0 unspecified atom stereocenters. The van der Waals surface area contributed by atoms with Crippen LogP contribution in [0.4, 0.5) is 4.79 Å². The maximum absolute atomic E-state index is 12.5. The molecule has 1 aliphatic heterocycles. The fourth-order valence-electron chi connectivity index (χ4n) is 2.79. The number of imide groups is 1. The van der Waals surface area contributed by atoms with Gasteiger partial charge in [-0.3, -0.25) is 19.3 Å². The van der Waals surface area contributed by atoms with Gasteiger partial charge in [0.05, 0.1) is 22.6 Å². The number of thioether (sulfide) groups is 1. The van der Waals surface area contributed by atoms with Crippen LogP contribution in [0, 0.1) is 11.3 Å². The van der Waals surface area contributed by atoms with Gasteiger partial charge in [0, 0.05) is 5.56 Å². The predicted molar refractivity (Wildman–Crippen MR) is 116 cm³/mol. The van der Waals surface area contributed by atoms with E-state index in [1.807, 2.05) is 12.1 Å². The number of esters is 1. The second-order valence-electron chi connectivity index (χ2n) is 6.93. The second kappa shape index (κ2) is 9.96. The third-order valence-corrected chi connectivity index (χ3v) is 5.15. The molecule has 1 fully saturated rings. The first-order valence-electron chi connectivity index (χ1n) is 9.53. The minimum atomic E-state index is -0.627. The average Bonchev–Trinajstić information content (AvgIpc) is 3.00. The molecule has 0 aliphatic carbocycles. The van der Waals surface area contributed by atoms with Gasteiger partial charge >= 0.3 is 5.97 Å². The topological polar surface area (TPSA) is 96.7 Å². The molecule has 7 nitrogen and oxygen atoms in total. The number of nitrogens with zero attached hydrogens (tertiary/aromatic N) is 2. The van der Waals surface area contributed by atoms with E-state index in [9.17, 15) is 14.4 Å². The Morgan fingerprint density at radius 3 is 2.55 bits per heavy atom. The van der Waals surface area contributed by atoms with E-state index in [0.29, 0.717) is 16.9 Å². The third kappa shape index (κ3) is 5.74. The Hall–Kier alpha value is -3.57. The molecule has 0 atom stereocenters. The van der Waals surface area contributed by atoms with Crippen molar-refractivity contribution in [3.05, 3.63) is 70.1 Å². The van der Waals surface area contributed by atoms with E-state index in [2.05, 4.69) is 6.07 Å². The maximum Gasteiger partial charge on any atom is 0.326 e. The minimum Gasteiger partial charge on any atom is -0.489 e. The normalized spacial score (nSPS) is 14.8. The number of hydrogen-bond acceptors (Lipinski definition) is 7. The molecule has 1 saturated heterocycles. The third-order valence-electron chi connectivity index (χ3n) is 4.24. The van der Waals surface area contributed by atoms with E-state index in [1.54, 1.807) is 56.3 Å². The molecule has 3 rings (SSSR count). The van der Waals surface area contributed by atoms with Crippen molar-refractivity contribution in [3.8, 4) is 11.8 Å². The van der Waals surface area contributed by atoms with Crippen LogP contribution in [0.3, 0.4) is 0 Å². The van der Waals surface area contributed by atoms with Crippen molar-refractivity contribution in [2.24, 2.45) is 0 Å². The fourth-order valence-corrected chi connectivity index (χ4v) is 3.63. The zero-order valence-electron chi connectivity index (χ0n) is 17.0. The zero-order chi connectivity index (χ0) is 22.4. The highest BCUT2D eigenvalue weighted by Crippen LogP contribution is 2.32. The van der Waals surface area contributed by atoms with Crippen LogP contribution < -0.4 is 4.74 Å². The smallest absolute Gasteiger partial charge is 0.326 e. The van der Waals surface area contributed by atoms with E-state index in [1.165, 1.54) is 0 Å². The first-order chi connectivity index (χ1) is 14.9. The largest absolute Gasteiger partial charge is 0.489 e. The summed E-state index contributed by atoms with van der Waals surface area (Å²) in [5.41, 5.74) is 2.06. The predicted octanol–water partition coefficient (Wildman–Crippen LogP) is 4.13. The number of rotatable bonds is 7. The Morgan fingerprint density at radius 2 is 1.87 bits per heavy atom. The highest BCUT2D eigenvalue weighted by Gasteiger charge is 2.36. The highest BCUT2D eigenvalue weighted by molar-refractivity contribution is 8.18.